The number of hydrogen-bond acceptors (Lipinski definition) is 3. The maximum absolute atomic E-state index is 13.4. The van der Waals surface area contributed by atoms with Crippen LogP contribution in [0.25, 0.3) is 0 Å². The number of likely N-dealkylation sites (tertiary alicyclic amines) is 1. The van der Waals surface area contributed by atoms with Crippen LogP contribution in [0.4, 0.5) is 0 Å². The first kappa shape index (κ1) is 24.5. The van der Waals surface area contributed by atoms with Gasteiger partial charge in [0.05, 0.1) is 0 Å². The second-order valence-corrected chi connectivity index (χ2v) is 14.2. The number of carbonyl (C=O) groups is 2. The average Bonchev–Trinajstić information content (AvgIpc) is 3.36. The lowest BCUT2D eigenvalue weighted by Crippen LogP contribution is -2.49. The van der Waals surface area contributed by atoms with Crippen molar-refractivity contribution in [2.24, 2.45) is 24.8 Å². The van der Waals surface area contributed by atoms with E-state index in [4.69, 9.17) is 0 Å². The molecule has 1 aromatic rings. The highest BCUT2D eigenvalue weighted by atomic mass is 16.2. The first-order valence-electron chi connectivity index (χ1n) is 14.6. The molecule has 2 amide bonds. The summed E-state index contributed by atoms with van der Waals surface area (Å²) in [6, 6.07) is 2.62. The Balaban J connectivity index is 1.08. The van der Waals surface area contributed by atoms with Crippen LogP contribution in [0.5, 0.6) is 0 Å². The van der Waals surface area contributed by atoms with Gasteiger partial charge in [0.1, 0.15) is 11.7 Å². The van der Waals surface area contributed by atoms with Crippen LogP contribution in [-0.2, 0) is 17.3 Å². The third-order valence-electron chi connectivity index (χ3n) is 10.2. The Hall–Kier alpha value is -1.82. The molecule has 6 nitrogen and oxygen atoms in total. The van der Waals surface area contributed by atoms with Crippen LogP contribution in [-0.4, -0.2) is 51.5 Å². The van der Waals surface area contributed by atoms with E-state index in [0.29, 0.717) is 17.8 Å². The van der Waals surface area contributed by atoms with Gasteiger partial charge in [-0.2, -0.15) is 0 Å². The second kappa shape index (κ2) is 8.89. The smallest absolute Gasteiger partial charge is 0.268 e. The number of nitrogens with zero attached hydrogens (tertiary/aromatic N) is 2. The van der Waals surface area contributed by atoms with Gasteiger partial charge < -0.3 is 20.1 Å². The summed E-state index contributed by atoms with van der Waals surface area (Å²) in [5, 5.41) is 6.84. The Kier molecular flexibility index (Phi) is 6.05. The second-order valence-electron chi connectivity index (χ2n) is 14.2. The van der Waals surface area contributed by atoms with E-state index in [1.165, 1.54) is 44.1 Å². The standard InChI is InChI=1S/C30H46N4O2/c1-29(2,3)32-23-5-7-24(8-6-23)34-10-9-25(28(34)36)31-27(35)26-14-22(18-33(26)4)30-15-19-11-20(16-30)13-21(12-19)17-30/h14,18-21,23-25,32H,5-13,15-17H2,1-4H3,(H,31,35)/t19?,20?,21?,23?,24?,25-,30?/m0/s1. The van der Waals surface area contributed by atoms with Gasteiger partial charge >= 0.3 is 0 Å². The Morgan fingerprint density at radius 1 is 0.972 bits per heavy atom. The fourth-order valence-electron chi connectivity index (χ4n) is 9.12. The van der Waals surface area contributed by atoms with Gasteiger partial charge in [0, 0.05) is 37.4 Å². The summed E-state index contributed by atoms with van der Waals surface area (Å²) in [6.07, 6.45) is 15.4. The van der Waals surface area contributed by atoms with Crippen molar-refractivity contribution in [2.75, 3.05) is 6.54 Å². The number of rotatable bonds is 5. The van der Waals surface area contributed by atoms with E-state index in [2.05, 4.69) is 48.6 Å². The topological polar surface area (TPSA) is 66.4 Å². The highest BCUT2D eigenvalue weighted by Crippen LogP contribution is 2.60. The summed E-state index contributed by atoms with van der Waals surface area (Å²) >= 11 is 0. The fourth-order valence-corrected chi connectivity index (χ4v) is 9.12. The van der Waals surface area contributed by atoms with Crippen LogP contribution in [0, 0.1) is 17.8 Å². The van der Waals surface area contributed by atoms with E-state index < -0.39 is 0 Å². The van der Waals surface area contributed by atoms with Gasteiger partial charge in [0.15, 0.2) is 0 Å². The Morgan fingerprint density at radius 3 is 2.17 bits per heavy atom. The van der Waals surface area contributed by atoms with E-state index >= 15 is 0 Å². The van der Waals surface area contributed by atoms with Crippen LogP contribution in [0.1, 0.15) is 107 Å². The van der Waals surface area contributed by atoms with Crippen LogP contribution >= 0.6 is 0 Å². The molecule has 1 aliphatic heterocycles. The summed E-state index contributed by atoms with van der Waals surface area (Å²) in [6.45, 7) is 7.41. The summed E-state index contributed by atoms with van der Waals surface area (Å²) in [5.41, 5.74) is 2.49. The SMILES string of the molecule is Cn1cc(C23CC4CC(CC(C4)C2)C3)cc1C(=O)N[C@H]1CCN(C2CCC(NC(C)(C)C)CC2)C1=O. The van der Waals surface area contributed by atoms with Crippen LogP contribution in [0.3, 0.4) is 0 Å². The molecule has 198 valence electrons. The lowest BCUT2D eigenvalue weighted by molar-refractivity contribution is -0.131. The van der Waals surface area contributed by atoms with Crippen molar-refractivity contribution in [3.63, 3.8) is 0 Å². The Bertz CT molecular complexity index is 977. The minimum absolute atomic E-state index is 0.0910. The fraction of sp³-hybridized carbons (Fsp3) is 0.800. The monoisotopic (exact) mass is 494 g/mol. The van der Waals surface area contributed by atoms with Gasteiger partial charge in [-0.1, -0.05) is 0 Å². The molecular formula is C30H46N4O2. The molecule has 7 rings (SSSR count). The van der Waals surface area contributed by atoms with Crippen LogP contribution < -0.4 is 10.6 Å². The molecule has 1 saturated heterocycles. The molecule has 6 aliphatic rings. The molecule has 0 unspecified atom stereocenters. The average molecular weight is 495 g/mol. The Labute approximate surface area is 216 Å². The zero-order valence-electron chi connectivity index (χ0n) is 22.8. The summed E-state index contributed by atoms with van der Waals surface area (Å²) in [4.78, 5) is 28.7. The van der Waals surface area contributed by atoms with Crippen molar-refractivity contribution in [3.05, 3.63) is 23.5 Å². The number of aryl methyl sites for hydroxylation is 1. The molecule has 0 radical (unpaired) electrons. The highest BCUT2D eigenvalue weighted by molar-refractivity contribution is 5.97. The van der Waals surface area contributed by atoms with Crippen molar-refractivity contribution >= 4 is 11.8 Å². The van der Waals surface area contributed by atoms with Gasteiger partial charge in [0.2, 0.25) is 5.91 Å². The van der Waals surface area contributed by atoms with Gasteiger partial charge in [-0.3, -0.25) is 9.59 Å². The van der Waals surface area contributed by atoms with Crippen LogP contribution in [0.15, 0.2) is 12.3 Å². The normalized spacial score (nSPS) is 38.1. The Morgan fingerprint density at radius 2 is 1.58 bits per heavy atom. The summed E-state index contributed by atoms with van der Waals surface area (Å²) < 4.78 is 2.00. The number of aromatic nitrogens is 1. The summed E-state index contributed by atoms with van der Waals surface area (Å²) in [5.74, 6) is 2.68. The first-order valence-corrected chi connectivity index (χ1v) is 14.6. The molecule has 36 heavy (non-hydrogen) atoms. The third kappa shape index (κ3) is 4.52. The first-order chi connectivity index (χ1) is 17.1. The van der Waals surface area contributed by atoms with Crippen molar-refractivity contribution in [3.8, 4) is 0 Å². The molecule has 5 aliphatic carbocycles. The van der Waals surface area contributed by atoms with E-state index in [-0.39, 0.29) is 28.8 Å². The van der Waals surface area contributed by atoms with Gasteiger partial charge in [-0.15, -0.1) is 0 Å². The van der Waals surface area contributed by atoms with Crippen molar-refractivity contribution < 1.29 is 9.59 Å². The molecule has 0 spiro atoms. The maximum atomic E-state index is 13.4. The number of amides is 2. The molecular weight excluding hydrogens is 448 g/mol. The molecule has 1 atom stereocenters. The predicted molar refractivity (Wildman–Crippen MR) is 142 cm³/mol. The zero-order valence-corrected chi connectivity index (χ0v) is 22.8. The van der Waals surface area contributed by atoms with E-state index in [0.717, 1.165) is 56.4 Å². The minimum atomic E-state index is -0.388. The summed E-state index contributed by atoms with van der Waals surface area (Å²) in [7, 11) is 1.99. The molecule has 2 heterocycles. The quantitative estimate of drug-likeness (QED) is 0.632. The van der Waals surface area contributed by atoms with Crippen molar-refractivity contribution in [1.29, 1.82) is 0 Å². The maximum Gasteiger partial charge on any atom is 0.268 e. The van der Waals surface area contributed by atoms with Crippen molar-refractivity contribution in [2.45, 2.75) is 120 Å². The molecule has 6 fully saturated rings. The van der Waals surface area contributed by atoms with E-state index in [9.17, 15) is 9.59 Å². The minimum Gasteiger partial charge on any atom is -0.346 e. The number of hydrogen-bond donors (Lipinski definition) is 2. The zero-order chi connectivity index (χ0) is 25.2. The number of carbonyl (C=O) groups excluding carboxylic acids is 2. The lowest BCUT2D eigenvalue weighted by Gasteiger charge is -2.56. The van der Waals surface area contributed by atoms with E-state index in [1.807, 2.05) is 11.6 Å². The predicted octanol–water partition coefficient (Wildman–Crippen LogP) is 4.52. The lowest BCUT2D eigenvalue weighted by atomic mass is 9.48. The molecule has 5 saturated carbocycles. The molecule has 2 N–H and O–H groups in total. The number of nitrogens with one attached hydrogen (secondary N) is 2. The third-order valence-corrected chi connectivity index (χ3v) is 10.2. The highest BCUT2D eigenvalue weighted by Gasteiger charge is 2.52. The van der Waals surface area contributed by atoms with Gasteiger partial charge in [0.25, 0.3) is 5.91 Å². The molecule has 4 bridgehead atoms. The molecule has 1 aromatic heterocycles. The van der Waals surface area contributed by atoms with Crippen molar-refractivity contribution in [1.82, 2.24) is 20.1 Å². The van der Waals surface area contributed by atoms with Gasteiger partial charge in [-0.25, -0.2) is 0 Å². The van der Waals surface area contributed by atoms with E-state index in [1.54, 1.807) is 0 Å². The van der Waals surface area contributed by atoms with Gasteiger partial charge in [-0.05, 0) is 126 Å². The van der Waals surface area contributed by atoms with Crippen LogP contribution in [0.2, 0.25) is 0 Å². The molecule has 6 heteroatoms. The molecule has 0 aromatic carbocycles. The largest absolute Gasteiger partial charge is 0.346 e.